The monoisotopic (exact) mass is 339 g/mol. The SMILES string of the molecule is CCCCCCCCCC(O)C(CO)NC(=O)c1ccc(F)cc1. The fraction of sp³-hybridized carbons (Fsp3) is 0.632. The maximum absolute atomic E-state index is 12.9. The van der Waals surface area contributed by atoms with Crippen molar-refractivity contribution in [3.8, 4) is 0 Å². The number of aliphatic hydroxyl groups is 2. The van der Waals surface area contributed by atoms with Gasteiger partial charge in [-0.25, -0.2) is 4.39 Å². The largest absolute Gasteiger partial charge is 0.394 e. The highest BCUT2D eigenvalue weighted by Crippen LogP contribution is 2.12. The maximum Gasteiger partial charge on any atom is 0.251 e. The van der Waals surface area contributed by atoms with Gasteiger partial charge in [-0.1, -0.05) is 51.9 Å². The van der Waals surface area contributed by atoms with Gasteiger partial charge in [0.2, 0.25) is 0 Å². The Morgan fingerprint density at radius 1 is 1.08 bits per heavy atom. The molecule has 0 spiro atoms. The molecule has 136 valence electrons. The molecule has 1 aromatic rings. The average Bonchev–Trinajstić information content (AvgIpc) is 2.59. The molecule has 0 aliphatic rings. The van der Waals surface area contributed by atoms with Gasteiger partial charge in [-0.2, -0.15) is 0 Å². The van der Waals surface area contributed by atoms with E-state index >= 15 is 0 Å². The zero-order valence-corrected chi connectivity index (χ0v) is 14.5. The Kier molecular flexibility index (Phi) is 10.3. The number of nitrogens with one attached hydrogen (secondary N) is 1. The molecular weight excluding hydrogens is 309 g/mol. The van der Waals surface area contributed by atoms with E-state index in [1.807, 2.05) is 0 Å². The van der Waals surface area contributed by atoms with Gasteiger partial charge in [0.15, 0.2) is 0 Å². The van der Waals surface area contributed by atoms with Crippen LogP contribution < -0.4 is 5.32 Å². The van der Waals surface area contributed by atoms with E-state index in [1.54, 1.807) is 0 Å². The second kappa shape index (κ2) is 12.0. The van der Waals surface area contributed by atoms with Crippen LogP contribution in [0.3, 0.4) is 0 Å². The van der Waals surface area contributed by atoms with Gasteiger partial charge in [-0.3, -0.25) is 4.79 Å². The van der Waals surface area contributed by atoms with Crippen LogP contribution >= 0.6 is 0 Å². The van der Waals surface area contributed by atoms with Crippen LogP contribution in [-0.4, -0.2) is 34.9 Å². The van der Waals surface area contributed by atoms with Gasteiger partial charge in [0.25, 0.3) is 5.91 Å². The predicted molar refractivity (Wildman–Crippen MR) is 93.4 cm³/mol. The lowest BCUT2D eigenvalue weighted by Crippen LogP contribution is -2.45. The minimum atomic E-state index is -0.782. The zero-order chi connectivity index (χ0) is 17.8. The molecule has 0 aliphatic carbocycles. The first-order valence-electron chi connectivity index (χ1n) is 8.93. The standard InChI is InChI=1S/C19H30FNO3/c1-2-3-4-5-6-7-8-9-18(23)17(14-22)21-19(24)15-10-12-16(20)13-11-15/h10-13,17-18,22-23H,2-9,14H2,1H3,(H,21,24). The fourth-order valence-electron chi connectivity index (χ4n) is 2.63. The molecule has 1 aromatic carbocycles. The Hall–Kier alpha value is -1.46. The number of aliphatic hydroxyl groups excluding tert-OH is 2. The Labute approximate surface area is 144 Å². The number of benzene rings is 1. The van der Waals surface area contributed by atoms with Crippen molar-refractivity contribution in [2.24, 2.45) is 0 Å². The molecule has 0 heterocycles. The third-order valence-electron chi connectivity index (χ3n) is 4.19. The number of hydrogen-bond donors (Lipinski definition) is 3. The molecule has 4 nitrogen and oxygen atoms in total. The van der Waals surface area contributed by atoms with Crippen LogP contribution in [0.1, 0.15) is 68.6 Å². The van der Waals surface area contributed by atoms with Crippen LogP contribution in [-0.2, 0) is 0 Å². The number of rotatable bonds is 12. The number of unbranched alkanes of at least 4 members (excludes halogenated alkanes) is 6. The molecule has 24 heavy (non-hydrogen) atoms. The van der Waals surface area contributed by atoms with E-state index in [0.717, 1.165) is 19.3 Å². The van der Waals surface area contributed by atoms with Crippen LogP contribution in [0.15, 0.2) is 24.3 Å². The van der Waals surface area contributed by atoms with E-state index in [2.05, 4.69) is 12.2 Å². The van der Waals surface area contributed by atoms with Crippen molar-refractivity contribution in [1.82, 2.24) is 5.32 Å². The van der Waals surface area contributed by atoms with Crippen molar-refractivity contribution in [1.29, 1.82) is 0 Å². The highest BCUT2D eigenvalue weighted by molar-refractivity contribution is 5.94. The third kappa shape index (κ3) is 7.88. The molecule has 0 fully saturated rings. The molecule has 2 unspecified atom stereocenters. The molecule has 0 aliphatic heterocycles. The van der Waals surface area contributed by atoms with E-state index < -0.39 is 23.9 Å². The second-order valence-corrected chi connectivity index (χ2v) is 6.25. The van der Waals surface area contributed by atoms with E-state index in [-0.39, 0.29) is 6.61 Å². The number of hydrogen-bond acceptors (Lipinski definition) is 3. The lowest BCUT2D eigenvalue weighted by Gasteiger charge is -2.22. The minimum Gasteiger partial charge on any atom is -0.394 e. The van der Waals surface area contributed by atoms with Crippen LogP contribution in [0.4, 0.5) is 4.39 Å². The van der Waals surface area contributed by atoms with Crippen LogP contribution in [0.25, 0.3) is 0 Å². The van der Waals surface area contributed by atoms with Gasteiger partial charge in [0.1, 0.15) is 5.82 Å². The van der Waals surface area contributed by atoms with E-state index in [0.29, 0.717) is 12.0 Å². The summed E-state index contributed by atoms with van der Waals surface area (Å²) in [4.78, 5) is 12.1. The van der Waals surface area contributed by atoms with Crippen molar-refractivity contribution < 1.29 is 19.4 Å². The summed E-state index contributed by atoms with van der Waals surface area (Å²) in [5, 5.41) is 22.2. The van der Waals surface area contributed by atoms with E-state index in [4.69, 9.17) is 0 Å². The van der Waals surface area contributed by atoms with Gasteiger partial charge in [0, 0.05) is 5.56 Å². The molecule has 3 N–H and O–H groups in total. The fourth-order valence-corrected chi connectivity index (χ4v) is 2.63. The summed E-state index contributed by atoms with van der Waals surface area (Å²) >= 11 is 0. The minimum absolute atomic E-state index is 0.304. The Balaban J connectivity index is 2.31. The molecule has 0 bridgehead atoms. The topological polar surface area (TPSA) is 69.6 Å². The van der Waals surface area contributed by atoms with Crippen molar-refractivity contribution in [3.05, 3.63) is 35.6 Å². The van der Waals surface area contributed by atoms with Gasteiger partial charge < -0.3 is 15.5 Å². The molecule has 2 atom stereocenters. The summed E-state index contributed by atoms with van der Waals surface area (Å²) in [6.07, 6.45) is 7.80. The second-order valence-electron chi connectivity index (χ2n) is 6.25. The summed E-state index contributed by atoms with van der Waals surface area (Å²) in [7, 11) is 0. The third-order valence-corrected chi connectivity index (χ3v) is 4.19. The van der Waals surface area contributed by atoms with Crippen molar-refractivity contribution in [3.63, 3.8) is 0 Å². The van der Waals surface area contributed by atoms with E-state index in [9.17, 15) is 19.4 Å². The Bertz CT molecular complexity index is 464. The Morgan fingerprint density at radius 3 is 2.25 bits per heavy atom. The molecular formula is C19H30FNO3. The van der Waals surface area contributed by atoms with Gasteiger partial charge >= 0.3 is 0 Å². The lowest BCUT2D eigenvalue weighted by molar-refractivity contribution is 0.0661. The number of amides is 1. The molecule has 0 saturated heterocycles. The normalized spacial score (nSPS) is 13.5. The van der Waals surface area contributed by atoms with Gasteiger partial charge in [-0.05, 0) is 30.7 Å². The maximum atomic E-state index is 12.9. The summed E-state index contributed by atoms with van der Waals surface area (Å²) < 4.78 is 12.9. The zero-order valence-electron chi connectivity index (χ0n) is 14.5. The molecule has 5 heteroatoms. The molecule has 1 amide bonds. The first-order valence-corrected chi connectivity index (χ1v) is 8.93. The lowest BCUT2D eigenvalue weighted by atomic mass is 10.0. The smallest absolute Gasteiger partial charge is 0.251 e. The van der Waals surface area contributed by atoms with Crippen molar-refractivity contribution in [2.75, 3.05) is 6.61 Å². The van der Waals surface area contributed by atoms with Crippen molar-refractivity contribution >= 4 is 5.91 Å². The van der Waals surface area contributed by atoms with Gasteiger partial charge in [-0.15, -0.1) is 0 Å². The number of carbonyl (C=O) groups excluding carboxylic acids is 1. The Morgan fingerprint density at radius 2 is 1.67 bits per heavy atom. The van der Waals surface area contributed by atoms with E-state index in [1.165, 1.54) is 49.9 Å². The predicted octanol–water partition coefficient (Wildman–Crippen LogP) is 3.42. The molecule has 0 saturated carbocycles. The van der Waals surface area contributed by atoms with Crippen LogP contribution in [0.2, 0.25) is 0 Å². The summed E-state index contributed by atoms with van der Waals surface area (Å²) in [6.45, 7) is 1.86. The highest BCUT2D eigenvalue weighted by atomic mass is 19.1. The number of carbonyl (C=O) groups is 1. The average molecular weight is 339 g/mol. The van der Waals surface area contributed by atoms with Crippen LogP contribution in [0.5, 0.6) is 0 Å². The first-order chi connectivity index (χ1) is 11.6. The molecule has 0 aromatic heterocycles. The summed E-state index contributed by atoms with van der Waals surface area (Å²) in [5.41, 5.74) is 0.304. The number of halogens is 1. The summed E-state index contributed by atoms with van der Waals surface area (Å²) in [5.74, 6) is -0.836. The van der Waals surface area contributed by atoms with Gasteiger partial charge in [0.05, 0.1) is 18.8 Å². The van der Waals surface area contributed by atoms with Crippen molar-refractivity contribution in [2.45, 2.75) is 70.4 Å². The quantitative estimate of drug-likeness (QED) is 0.511. The highest BCUT2D eigenvalue weighted by Gasteiger charge is 2.20. The van der Waals surface area contributed by atoms with Crippen LogP contribution in [0, 0.1) is 5.82 Å². The molecule has 1 rings (SSSR count). The molecule has 0 radical (unpaired) electrons. The first kappa shape index (κ1) is 20.6. The summed E-state index contributed by atoms with van der Waals surface area (Å²) in [6, 6.07) is 4.46.